The standard InChI is InChI=1S/C25H27F2N5O5/c1-15(16-5-6-22(21(27)11-16)37-25(34,35)36)23(17-3-4-18(13-28)20(26)12-17)30-24(31(2)14-33)32-9-7-19(29)8-10-32/h3-6,11-12,14,19,34-36H,7-10,29H2,1-2H3/b23-15+,30-24+. The van der Waals surface area contributed by atoms with Crippen LogP contribution in [-0.4, -0.2) is 69.8 Å². The lowest BCUT2D eigenvalue weighted by atomic mass is 9.99. The molecular weight excluding hydrogens is 488 g/mol. The van der Waals surface area contributed by atoms with Gasteiger partial charge in [-0.05, 0) is 55.2 Å². The van der Waals surface area contributed by atoms with Crippen LogP contribution in [0.25, 0.3) is 11.3 Å². The van der Waals surface area contributed by atoms with E-state index in [0.29, 0.717) is 37.9 Å². The molecule has 1 aliphatic rings. The lowest BCUT2D eigenvalue weighted by Crippen LogP contribution is -2.48. The lowest BCUT2D eigenvalue weighted by molar-refractivity contribution is -0.420. The predicted octanol–water partition coefficient (Wildman–Crippen LogP) is 1.56. The Morgan fingerprint density at radius 1 is 1.19 bits per heavy atom. The van der Waals surface area contributed by atoms with Crippen molar-refractivity contribution < 1.29 is 33.6 Å². The molecule has 0 spiro atoms. The Kier molecular flexibility index (Phi) is 8.57. The van der Waals surface area contributed by atoms with Crippen molar-refractivity contribution in [1.82, 2.24) is 9.80 Å². The van der Waals surface area contributed by atoms with Crippen molar-refractivity contribution in [3.05, 3.63) is 64.7 Å². The van der Waals surface area contributed by atoms with Crippen molar-refractivity contribution in [1.29, 1.82) is 5.26 Å². The van der Waals surface area contributed by atoms with Crippen molar-refractivity contribution in [3.63, 3.8) is 0 Å². The molecule has 0 bridgehead atoms. The molecule has 0 aliphatic carbocycles. The van der Waals surface area contributed by atoms with Gasteiger partial charge in [0, 0.05) is 31.7 Å². The fourth-order valence-corrected chi connectivity index (χ4v) is 3.84. The summed E-state index contributed by atoms with van der Waals surface area (Å²) < 4.78 is 33.6. The van der Waals surface area contributed by atoms with Gasteiger partial charge in [-0.2, -0.15) is 5.26 Å². The summed E-state index contributed by atoms with van der Waals surface area (Å²) in [7, 11) is 1.52. The zero-order valence-electron chi connectivity index (χ0n) is 20.2. The maximum atomic E-state index is 14.7. The summed E-state index contributed by atoms with van der Waals surface area (Å²) >= 11 is 0. The molecule has 0 saturated carbocycles. The quantitative estimate of drug-likeness (QED) is 0.149. The number of hydrogen-bond donors (Lipinski definition) is 4. The summed E-state index contributed by atoms with van der Waals surface area (Å²) in [4.78, 5) is 19.5. The molecule has 2 aromatic rings. The molecule has 0 atom stereocenters. The summed E-state index contributed by atoms with van der Waals surface area (Å²) in [6, 6.07) is 9.11. The number of piperidine rings is 1. The van der Waals surface area contributed by atoms with Crippen molar-refractivity contribution >= 4 is 23.6 Å². The fourth-order valence-electron chi connectivity index (χ4n) is 3.84. The molecule has 1 saturated heterocycles. The molecule has 196 valence electrons. The van der Waals surface area contributed by atoms with Crippen LogP contribution >= 0.6 is 0 Å². The maximum absolute atomic E-state index is 14.7. The van der Waals surface area contributed by atoms with Gasteiger partial charge in [0.05, 0.1) is 11.3 Å². The van der Waals surface area contributed by atoms with E-state index in [1.165, 1.54) is 30.1 Å². The summed E-state index contributed by atoms with van der Waals surface area (Å²) in [5, 5.41) is 36.1. The lowest BCUT2D eigenvalue weighted by Gasteiger charge is -2.34. The molecule has 1 heterocycles. The number of likely N-dealkylation sites (tertiary alicyclic amines) is 1. The van der Waals surface area contributed by atoms with E-state index in [1.807, 2.05) is 4.90 Å². The van der Waals surface area contributed by atoms with Crippen LogP contribution in [0.2, 0.25) is 0 Å². The first-order valence-corrected chi connectivity index (χ1v) is 11.3. The van der Waals surface area contributed by atoms with Gasteiger partial charge >= 0.3 is 6.16 Å². The molecule has 2 aromatic carbocycles. The average molecular weight is 516 g/mol. The van der Waals surface area contributed by atoms with E-state index >= 15 is 0 Å². The van der Waals surface area contributed by atoms with Crippen LogP contribution in [0.15, 0.2) is 41.4 Å². The van der Waals surface area contributed by atoms with E-state index in [9.17, 15) is 13.6 Å². The van der Waals surface area contributed by atoms with Gasteiger partial charge in [0.1, 0.15) is 11.9 Å². The van der Waals surface area contributed by atoms with Crippen LogP contribution in [0, 0.1) is 23.0 Å². The van der Waals surface area contributed by atoms with Crippen LogP contribution in [-0.2, 0) is 4.79 Å². The minimum Gasteiger partial charge on any atom is -0.414 e. The van der Waals surface area contributed by atoms with Crippen LogP contribution in [0.5, 0.6) is 5.75 Å². The van der Waals surface area contributed by atoms with Crippen molar-refractivity contribution in [2.45, 2.75) is 32.0 Å². The molecule has 0 aromatic heterocycles. The predicted molar refractivity (Wildman–Crippen MR) is 130 cm³/mol. The van der Waals surface area contributed by atoms with Gasteiger partial charge in [0.15, 0.2) is 11.6 Å². The normalized spacial score (nSPS) is 15.6. The molecule has 1 amide bonds. The fraction of sp³-hybridized carbons (Fsp3) is 0.320. The van der Waals surface area contributed by atoms with E-state index in [1.54, 1.807) is 13.0 Å². The minimum atomic E-state index is -3.58. The van der Waals surface area contributed by atoms with Crippen LogP contribution in [0.4, 0.5) is 8.78 Å². The zero-order valence-corrected chi connectivity index (χ0v) is 20.2. The van der Waals surface area contributed by atoms with Crippen molar-refractivity contribution in [2.24, 2.45) is 10.7 Å². The number of rotatable bonds is 6. The number of carbonyl (C=O) groups is 1. The summed E-state index contributed by atoms with van der Waals surface area (Å²) in [6.07, 6.45) is -1.65. The number of aliphatic imine (C=N–C) groups is 1. The highest BCUT2D eigenvalue weighted by Crippen LogP contribution is 2.32. The van der Waals surface area contributed by atoms with E-state index in [2.05, 4.69) is 4.74 Å². The number of nitriles is 1. The largest absolute Gasteiger partial charge is 0.453 e. The molecule has 37 heavy (non-hydrogen) atoms. The van der Waals surface area contributed by atoms with Crippen molar-refractivity contribution in [2.75, 3.05) is 20.1 Å². The third kappa shape index (κ3) is 6.87. The molecule has 10 nitrogen and oxygen atoms in total. The second-order valence-corrected chi connectivity index (χ2v) is 8.55. The Labute approximate surface area is 212 Å². The van der Waals surface area contributed by atoms with E-state index in [0.717, 1.165) is 18.2 Å². The van der Waals surface area contributed by atoms with Gasteiger partial charge in [0.25, 0.3) is 0 Å². The molecule has 0 radical (unpaired) electrons. The molecule has 3 rings (SSSR count). The number of carbonyl (C=O) groups excluding carboxylic acids is 1. The molecule has 5 N–H and O–H groups in total. The summed E-state index contributed by atoms with van der Waals surface area (Å²) in [5.41, 5.74) is 6.92. The first-order valence-electron chi connectivity index (χ1n) is 11.3. The Morgan fingerprint density at radius 2 is 1.81 bits per heavy atom. The number of aliphatic hydroxyl groups is 3. The van der Waals surface area contributed by atoms with Gasteiger partial charge in [-0.1, -0.05) is 12.1 Å². The number of halogens is 2. The number of benzene rings is 2. The first kappa shape index (κ1) is 27.7. The summed E-state index contributed by atoms with van der Waals surface area (Å²) in [6.45, 7) is 2.65. The highest BCUT2D eigenvalue weighted by molar-refractivity contribution is 5.98. The second kappa shape index (κ2) is 11.4. The van der Waals surface area contributed by atoms with Crippen LogP contribution in [0.3, 0.4) is 0 Å². The number of hydrogen-bond acceptors (Lipinski definition) is 8. The van der Waals surface area contributed by atoms with Gasteiger partial charge in [-0.25, -0.2) is 13.8 Å². The minimum absolute atomic E-state index is 0.0163. The summed E-state index contributed by atoms with van der Waals surface area (Å²) in [5.74, 6) is -2.17. The smallest absolute Gasteiger partial charge is 0.414 e. The number of allylic oxidation sites excluding steroid dienone is 1. The van der Waals surface area contributed by atoms with Gasteiger partial charge in [0.2, 0.25) is 12.4 Å². The highest BCUT2D eigenvalue weighted by Gasteiger charge is 2.25. The third-order valence-corrected chi connectivity index (χ3v) is 5.84. The Balaban J connectivity index is 2.20. The zero-order chi connectivity index (χ0) is 27.3. The molecule has 1 aliphatic heterocycles. The number of guanidine groups is 1. The van der Waals surface area contributed by atoms with Gasteiger partial charge < -0.3 is 30.7 Å². The highest BCUT2D eigenvalue weighted by atomic mass is 19.1. The Morgan fingerprint density at radius 3 is 2.35 bits per heavy atom. The third-order valence-electron chi connectivity index (χ3n) is 5.84. The van der Waals surface area contributed by atoms with Crippen LogP contribution in [0.1, 0.15) is 36.5 Å². The van der Waals surface area contributed by atoms with E-state index in [-0.39, 0.29) is 34.4 Å². The van der Waals surface area contributed by atoms with E-state index in [4.69, 9.17) is 31.3 Å². The SMILES string of the molecule is C/C(=C(\N=C(/N(C)C=O)N1CCC(N)CC1)c1ccc(C#N)c(F)c1)c1ccc(OC(O)(O)O)c(F)c1. The number of nitrogens with two attached hydrogens (primary N) is 1. The Hall–Kier alpha value is -3.89. The number of amides is 1. The Bertz CT molecular complexity index is 1260. The molecule has 0 unspecified atom stereocenters. The topological polar surface area (TPSA) is 156 Å². The average Bonchev–Trinajstić information content (AvgIpc) is 2.85. The molecular formula is C25H27F2N5O5. The maximum Gasteiger partial charge on any atom is 0.453 e. The van der Waals surface area contributed by atoms with Gasteiger partial charge in [-0.3, -0.25) is 9.69 Å². The molecule has 1 fully saturated rings. The van der Waals surface area contributed by atoms with Crippen molar-refractivity contribution in [3.8, 4) is 11.8 Å². The molecule has 12 heteroatoms. The first-order chi connectivity index (χ1) is 17.4. The number of ether oxygens (including phenoxy) is 1. The van der Waals surface area contributed by atoms with Gasteiger partial charge in [-0.15, -0.1) is 0 Å². The number of nitrogens with zero attached hydrogens (tertiary/aromatic N) is 4. The second-order valence-electron chi connectivity index (χ2n) is 8.55. The monoisotopic (exact) mass is 515 g/mol. The van der Waals surface area contributed by atoms with E-state index < -0.39 is 23.5 Å². The van der Waals surface area contributed by atoms with Crippen LogP contribution < -0.4 is 10.5 Å².